The van der Waals surface area contributed by atoms with E-state index in [1.54, 1.807) is 14.0 Å². The first-order valence-corrected chi connectivity index (χ1v) is 11.1. The van der Waals surface area contributed by atoms with Gasteiger partial charge in [-0.1, -0.05) is 0 Å². The summed E-state index contributed by atoms with van der Waals surface area (Å²) in [6, 6.07) is 1.98. The Morgan fingerprint density at radius 1 is 1.20 bits per heavy atom. The van der Waals surface area contributed by atoms with Gasteiger partial charge in [-0.3, -0.25) is 9.69 Å². The first-order valence-electron chi connectivity index (χ1n) is 11.1. The van der Waals surface area contributed by atoms with Gasteiger partial charge < -0.3 is 24.2 Å². The molecule has 0 unspecified atom stereocenters. The molecule has 1 aromatic carbocycles. The van der Waals surface area contributed by atoms with Crippen LogP contribution in [0.4, 0.5) is 5.69 Å². The quantitative estimate of drug-likeness (QED) is 0.803. The van der Waals surface area contributed by atoms with Gasteiger partial charge in [-0.25, -0.2) is 0 Å². The van der Waals surface area contributed by atoms with E-state index in [0.29, 0.717) is 11.4 Å². The Labute approximate surface area is 176 Å². The lowest BCUT2D eigenvalue weighted by molar-refractivity contribution is -0.232. The largest absolute Gasteiger partial charge is 0.503 e. The predicted octanol–water partition coefficient (Wildman–Crippen LogP) is 2.78. The van der Waals surface area contributed by atoms with Crippen LogP contribution in [-0.2, 0) is 14.9 Å². The second kappa shape index (κ2) is 5.82. The summed E-state index contributed by atoms with van der Waals surface area (Å²) in [5, 5.41) is 11.3. The molecule has 2 spiro atoms. The molecule has 1 N–H and O–H groups in total. The summed E-state index contributed by atoms with van der Waals surface area (Å²) < 4.78 is 17.9. The zero-order valence-corrected chi connectivity index (χ0v) is 18.0. The first-order chi connectivity index (χ1) is 14.5. The van der Waals surface area contributed by atoms with Gasteiger partial charge in [0.1, 0.15) is 5.72 Å². The Kier molecular flexibility index (Phi) is 3.64. The molecule has 30 heavy (non-hydrogen) atoms. The number of piperidine rings is 1. The highest BCUT2D eigenvalue weighted by atomic mass is 16.5. The number of benzene rings is 1. The second-order valence-corrected chi connectivity index (χ2v) is 9.64. The molecule has 3 saturated heterocycles. The molecule has 7 heteroatoms. The maximum Gasteiger partial charge on any atom is 0.224 e. The molecule has 1 saturated carbocycles. The molecule has 0 bridgehead atoms. The number of rotatable bonds is 2. The van der Waals surface area contributed by atoms with Gasteiger partial charge in [-0.05, 0) is 50.2 Å². The van der Waals surface area contributed by atoms with Crippen LogP contribution in [0.3, 0.4) is 0 Å². The van der Waals surface area contributed by atoms with Gasteiger partial charge in [0, 0.05) is 32.0 Å². The van der Waals surface area contributed by atoms with Gasteiger partial charge in [-0.15, -0.1) is 0 Å². The number of methoxy groups -OCH3 is 2. The number of carbonyl (C=O) groups excluding carboxylic acids is 1. The average Bonchev–Trinajstić information content (AvgIpc) is 3.38. The third-order valence-corrected chi connectivity index (χ3v) is 8.98. The fraction of sp³-hybridized carbons (Fsp3) is 0.696. The van der Waals surface area contributed by atoms with Crippen LogP contribution < -0.4 is 14.4 Å². The van der Waals surface area contributed by atoms with Gasteiger partial charge in [0.2, 0.25) is 11.7 Å². The Balaban J connectivity index is 1.70. The van der Waals surface area contributed by atoms with E-state index in [1.165, 1.54) is 20.0 Å². The molecule has 1 aromatic rings. The lowest BCUT2D eigenvalue weighted by atomic mass is 9.50. The van der Waals surface area contributed by atoms with E-state index in [-0.39, 0.29) is 34.3 Å². The number of fused-ring (bicyclic) bond motifs is 1. The van der Waals surface area contributed by atoms with Crippen molar-refractivity contribution in [1.29, 1.82) is 0 Å². The standard InChI is InChI=1S/C23H30N2O5/c1-14(26)25-17-5-7-21-6-4-10-24-11-8-22(17,23(21,24)30-12-9-21)15-13-16(28-2)20(29-3)19(27)18(15)25/h13,17,27H,4-12H2,1-3H3/t17-,21+,22+,23-/m0/s1. The van der Waals surface area contributed by atoms with Crippen LogP contribution in [0.15, 0.2) is 6.07 Å². The van der Waals surface area contributed by atoms with Crippen LogP contribution in [-0.4, -0.2) is 61.6 Å². The van der Waals surface area contributed by atoms with Gasteiger partial charge in [-0.2, -0.15) is 0 Å². The third-order valence-electron chi connectivity index (χ3n) is 8.98. The number of nitrogens with zero attached hydrogens (tertiary/aromatic N) is 2. The normalized spacial score (nSPS) is 38.6. The summed E-state index contributed by atoms with van der Waals surface area (Å²) in [5.74, 6) is 0.746. The van der Waals surface area contributed by atoms with Crippen molar-refractivity contribution in [3.63, 3.8) is 0 Å². The van der Waals surface area contributed by atoms with Gasteiger partial charge in [0.25, 0.3) is 0 Å². The molecule has 6 rings (SSSR count). The van der Waals surface area contributed by atoms with Crippen LogP contribution in [0.5, 0.6) is 17.2 Å². The van der Waals surface area contributed by atoms with Crippen molar-refractivity contribution in [2.75, 3.05) is 38.8 Å². The zero-order chi connectivity index (χ0) is 20.9. The minimum absolute atomic E-state index is 0.0000753. The van der Waals surface area contributed by atoms with Crippen LogP contribution >= 0.6 is 0 Å². The number of aromatic hydroxyl groups is 1. The van der Waals surface area contributed by atoms with Crippen molar-refractivity contribution in [3.8, 4) is 17.2 Å². The minimum atomic E-state index is -0.411. The number of carbonyl (C=O) groups is 1. The molecule has 4 heterocycles. The minimum Gasteiger partial charge on any atom is -0.503 e. The number of phenolic OH excluding ortho intramolecular Hbond substituents is 1. The first kappa shape index (κ1) is 18.8. The maximum absolute atomic E-state index is 13.0. The SMILES string of the molecule is COc1cc2c(c(O)c1OC)N(C(C)=O)[C@H]1CC[C@@]34CCCN5CC[C@@]21[C@]53OCC4. The van der Waals surface area contributed by atoms with Crippen LogP contribution in [0.25, 0.3) is 0 Å². The van der Waals surface area contributed by atoms with Crippen molar-refractivity contribution < 1.29 is 24.1 Å². The van der Waals surface area contributed by atoms with E-state index < -0.39 is 5.72 Å². The Hall–Kier alpha value is -1.99. The molecule has 5 aliphatic rings. The van der Waals surface area contributed by atoms with Crippen molar-refractivity contribution in [1.82, 2.24) is 4.90 Å². The Bertz CT molecular complexity index is 950. The van der Waals surface area contributed by atoms with Gasteiger partial charge in [0.15, 0.2) is 11.5 Å². The predicted molar refractivity (Wildman–Crippen MR) is 110 cm³/mol. The molecule has 0 aromatic heterocycles. The van der Waals surface area contributed by atoms with Crippen LogP contribution in [0.2, 0.25) is 0 Å². The van der Waals surface area contributed by atoms with Crippen LogP contribution in [0.1, 0.15) is 51.0 Å². The lowest BCUT2D eigenvalue weighted by Crippen LogP contribution is -2.73. The van der Waals surface area contributed by atoms with E-state index >= 15 is 0 Å². The van der Waals surface area contributed by atoms with Crippen molar-refractivity contribution in [2.24, 2.45) is 5.41 Å². The number of anilines is 1. The molecule has 4 atom stereocenters. The lowest BCUT2D eigenvalue weighted by Gasteiger charge is -2.62. The number of amides is 1. The molecule has 4 aliphatic heterocycles. The number of ether oxygens (including phenoxy) is 3. The van der Waals surface area contributed by atoms with E-state index in [2.05, 4.69) is 4.90 Å². The van der Waals surface area contributed by atoms with Crippen LogP contribution in [0, 0.1) is 5.41 Å². The fourth-order valence-electron chi connectivity index (χ4n) is 8.24. The van der Waals surface area contributed by atoms with Crippen molar-refractivity contribution in [2.45, 2.75) is 62.6 Å². The summed E-state index contributed by atoms with van der Waals surface area (Å²) in [7, 11) is 3.11. The zero-order valence-electron chi connectivity index (χ0n) is 18.0. The Morgan fingerprint density at radius 2 is 2.03 bits per heavy atom. The van der Waals surface area contributed by atoms with E-state index in [9.17, 15) is 9.90 Å². The fourth-order valence-corrected chi connectivity index (χ4v) is 8.24. The molecular formula is C23H30N2O5. The summed E-state index contributed by atoms with van der Waals surface area (Å²) in [4.78, 5) is 17.4. The molecule has 4 fully saturated rings. The summed E-state index contributed by atoms with van der Waals surface area (Å²) >= 11 is 0. The highest BCUT2D eigenvalue weighted by Gasteiger charge is 2.80. The Morgan fingerprint density at radius 3 is 2.77 bits per heavy atom. The highest BCUT2D eigenvalue weighted by molar-refractivity contribution is 5.99. The highest BCUT2D eigenvalue weighted by Crippen LogP contribution is 2.74. The number of hydrogen-bond acceptors (Lipinski definition) is 6. The average molecular weight is 415 g/mol. The topological polar surface area (TPSA) is 71.5 Å². The van der Waals surface area contributed by atoms with Crippen molar-refractivity contribution in [3.05, 3.63) is 11.6 Å². The number of hydrogen-bond donors (Lipinski definition) is 1. The van der Waals surface area contributed by atoms with E-state index in [0.717, 1.165) is 50.9 Å². The molecule has 162 valence electrons. The van der Waals surface area contributed by atoms with E-state index in [4.69, 9.17) is 14.2 Å². The smallest absolute Gasteiger partial charge is 0.224 e. The molecule has 0 radical (unpaired) electrons. The molecule has 1 aliphatic carbocycles. The maximum atomic E-state index is 13.0. The summed E-state index contributed by atoms with van der Waals surface area (Å²) in [6.07, 6.45) is 6.36. The van der Waals surface area contributed by atoms with Gasteiger partial charge in [0.05, 0.1) is 31.4 Å². The summed E-state index contributed by atoms with van der Waals surface area (Å²) in [6.45, 7) is 4.35. The van der Waals surface area contributed by atoms with Crippen molar-refractivity contribution >= 4 is 11.6 Å². The van der Waals surface area contributed by atoms with E-state index in [1.807, 2.05) is 11.0 Å². The second-order valence-electron chi connectivity index (χ2n) is 9.64. The molecule has 7 nitrogen and oxygen atoms in total. The summed E-state index contributed by atoms with van der Waals surface area (Å²) in [5.41, 5.74) is 0.934. The van der Waals surface area contributed by atoms with Gasteiger partial charge >= 0.3 is 0 Å². The molecule has 1 amide bonds. The third kappa shape index (κ3) is 1.73. The monoisotopic (exact) mass is 414 g/mol. The number of phenols is 1. The molecular weight excluding hydrogens is 384 g/mol.